The summed E-state index contributed by atoms with van der Waals surface area (Å²) in [4.78, 5) is 0. The molecular weight excluding hydrogens is 170 g/mol. The fraction of sp³-hybridized carbons (Fsp3) is 0.846. The lowest BCUT2D eigenvalue weighted by Crippen LogP contribution is -2.48. The first-order valence-corrected chi connectivity index (χ1v) is 5.92. The van der Waals surface area contributed by atoms with Crippen molar-refractivity contribution in [3.63, 3.8) is 0 Å². The summed E-state index contributed by atoms with van der Waals surface area (Å²) in [6.45, 7) is 4.32. The van der Waals surface area contributed by atoms with Gasteiger partial charge in [0.1, 0.15) is 0 Å². The third-order valence-electron chi connectivity index (χ3n) is 4.27. The van der Waals surface area contributed by atoms with Gasteiger partial charge >= 0.3 is 0 Å². The van der Waals surface area contributed by atoms with Crippen molar-refractivity contribution >= 4 is 0 Å². The molecule has 2 rings (SSSR count). The molecule has 0 amide bonds. The molecule has 4 unspecified atom stereocenters. The lowest BCUT2D eigenvalue weighted by molar-refractivity contribution is 0.287. The van der Waals surface area contributed by atoms with E-state index in [0.717, 1.165) is 18.3 Å². The zero-order valence-electron chi connectivity index (χ0n) is 9.34. The molecule has 0 aromatic heterocycles. The minimum Gasteiger partial charge on any atom is -0.298 e. The minimum atomic E-state index is -0.0743. The Hall–Kier alpha value is -0.480. The molecule has 1 heteroatoms. The Kier molecular flexibility index (Phi) is 2.58. The molecule has 2 aliphatic rings. The molecule has 2 fully saturated rings. The molecule has 0 heterocycles. The summed E-state index contributed by atoms with van der Waals surface area (Å²) in [5.74, 6) is 4.82. The predicted octanol–water partition coefficient (Wildman–Crippen LogP) is 2.57. The average Bonchev–Trinajstić information content (AvgIpc) is 2.79. The van der Waals surface area contributed by atoms with Crippen LogP contribution in [-0.4, -0.2) is 11.6 Å². The monoisotopic (exact) mass is 191 g/mol. The number of hydrogen-bond donors (Lipinski definition) is 1. The van der Waals surface area contributed by atoms with Crippen LogP contribution in [0.4, 0.5) is 0 Å². The lowest BCUT2D eigenvalue weighted by atomic mass is 9.91. The van der Waals surface area contributed by atoms with E-state index in [1.165, 1.54) is 25.7 Å². The molecule has 0 aliphatic heterocycles. The first kappa shape index (κ1) is 10.1. The SMILES string of the molecule is C#CC(C)(CC)NC1CC2CCC1C2. The number of nitrogens with one attached hydrogen (secondary N) is 1. The summed E-state index contributed by atoms with van der Waals surface area (Å²) in [5, 5.41) is 3.69. The third-order valence-corrected chi connectivity index (χ3v) is 4.27. The van der Waals surface area contributed by atoms with E-state index in [0.29, 0.717) is 6.04 Å². The van der Waals surface area contributed by atoms with Gasteiger partial charge < -0.3 is 0 Å². The van der Waals surface area contributed by atoms with Gasteiger partial charge in [0, 0.05) is 6.04 Å². The van der Waals surface area contributed by atoms with E-state index in [-0.39, 0.29) is 5.54 Å². The van der Waals surface area contributed by atoms with Crippen molar-refractivity contribution in [2.75, 3.05) is 0 Å². The summed E-state index contributed by atoms with van der Waals surface area (Å²) < 4.78 is 0. The Bertz CT molecular complexity index is 252. The third kappa shape index (κ3) is 1.68. The van der Waals surface area contributed by atoms with Crippen molar-refractivity contribution in [3.05, 3.63) is 0 Å². The zero-order valence-corrected chi connectivity index (χ0v) is 9.34. The van der Waals surface area contributed by atoms with Crippen molar-refractivity contribution in [3.8, 4) is 12.3 Å². The lowest BCUT2D eigenvalue weighted by Gasteiger charge is -2.32. The second kappa shape index (κ2) is 3.59. The predicted molar refractivity (Wildman–Crippen MR) is 59.9 cm³/mol. The maximum atomic E-state index is 5.58. The van der Waals surface area contributed by atoms with Crippen LogP contribution in [-0.2, 0) is 0 Å². The maximum Gasteiger partial charge on any atom is 0.0769 e. The molecule has 2 aliphatic carbocycles. The van der Waals surface area contributed by atoms with Gasteiger partial charge in [-0.15, -0.1) is 6.42 Å². The van der Waals surface area contributed by atoms with Crippen LogP contribution in [0.2, 0.25) is 0 Å². The number of hydrogen-bond acceptors (Lipinski definition) is 1. The fourth-order valence-electron chi connectivity index (χ4n) is 3.08. The van der Waals surface area contributed by atoms with Crippen LogP contribution in [0.25, 0.3) is 0 Å². The van der Waals surface area contributed by atoms with Crippen LogP contribution >= 0.6 is 0 Å². The molecule has 1 N–H and O–H groups in total. The molecular formula is C13H21N. The molecule has 4 atom stereocenters. The minimum absolute atomic E-state index is 0.0743. The largest absolute Gasteiger partial charge is 0.298 e. The summed E-state index contributed by atoms with van der Waals surface area (Å²) in [6.07, 6.45) is 12.3. The Morgan fingerprint density at radius 3 is 2.64 bits per heavy atom. The van der Waals surface area contributed by atoms with Gasteiger partial charge in [0.2, 0.25) is 0 Å². The van der Waals surface area contributed by atoms with E-state index in [1.807, 2.05) is 0 Å². The van der Waals surface area contributed by atoms with Crippen LogP contribution in [0.1, 0.15) is 46.0 Å². The van der Waals surface area contributed by atoms with Gasteiger partial charge in [-0.3, -0.25) is 5.32 Å². The van der Waals surface area contributed by atoms with Gasteiger partial charge in [0.15, 0.2) is 0 Å². The van der Waals surface area contributed by atoms with Crippen molar-refractivity contribution in [2.24, 2.45) is 11.8 Å². The Morgan fingerprint density at radius 2 is 2.21 bits per heavy atom. The van der Waals surface area contributed by atoms with E-state index in [1.54, 1.807) is 0 Å². The van der Waals surface area contributed by atoms with Crippen LogP contribution < -0.4 is 5.32 Å². The molecule has 78 valence electrons. The summed E-state index contributed by atoms with van der Waals surface area (Å²) in [5.41, 5.74) is -0.0743. The van der Waals surface area contributed by atoms with Gasteiger partial charge in [0.05, 0.1) is 5.54 Å². The van der Waals surface area contributed by atoms with E-state index in [4.69, 9.17) is 6.42 Å². The Labute approximate surface area is 87.7 Å². The molecule has 1 nitrogen and oxygen atoms in total. The molecule has 2 saturated carbocycles. The molecule has 0 saturated heterocycles. The molecule has 0 spiro atoms. The van der Waals surface area contributed by atoms with Gasteiger partial charge in [-0.05, 0) is 44.4 Å². The van der Waals surface area contributed by atoms with Crippen LogP contribution in [0.3, 0.4) is 0 Å². The summed E-state index contributed by atoms with van der Waals surface area (Å²) in [7, 11) is 0. The summed E-state index contributed by atoms with van der Waals surface area (Å²) >= 11 is 0. The topological polar surface area (TPSA) is 12.0 Å². The highest BCUT2D eigenvalue weighted by Gasteiger charge is 2.41. The van der Waals surface area contributed by atoms with Gasteiger partial charge in [0.25, 0.3) is 0 Å². The highest BCUT2D eigenvalue weighted by Crippen LogP contribution is 2.45. The average molecular weight is 191 g/mol. The number of fused-ring (bicyclic) bond motifs is 2. The first-order valence-electron chi connectivity index (χ1n) is 5.92. The number of terminal acetylenes is 1. The van der Waals surface area contributed by atoms with Gasteiger partial charge in [-0.2, -0.15) is 0 Å². The molecule has 14 heavy (non-hydrogen) atoms. The quantitative estimate of drug-likeness (QED) is 0.676. The zero-order chi connectivity index (χ0) is 10.2. The molecule has 0 aromatic carbocycles. The van der Waals surface area contributed by atoms with Crippen molar-refractivity contribution in [1.29, 1.82) is 0 Å². The van der Waals surface area contributed by atoms with Crippen molar-refractivity contribution < 1.29 is 0 Å². The Morgan fingerprint density at radius 1 is 1.43 bits per heavy atom. The second-order valence-corrected chi connectivity index (χ2v) is 5.26. The second-order valence-electron chi connectivity index (χ2n) is 5.26. The van der Waals surface area contributed by atoms with Crippen LogP contribution in [0.5, 0.6) is 0 Å². The van der Waals surface area contributed by atoms with Crippen LogP contribution in [0.15, 0.2) is 0 Å². The van der Waals surface area contributed by atoms with Gasteiger partial charge in [-0.1, -0.05) is 19.3 Å². The van der Waals surface area contributed by atoms with E-state index < -0.39 is 0 Å². The summed E-state index contributed by atoms with van der Waals surface area (Å²) in [6, 6.07) is 0.703. The highest BCUT2D eigenvalue weighted by molar-refractivity contribution is 5.12. The highest BCUT2D eigenvalue weighted by atomic mass is 15.0. The Balaban J connectivity index is 1.95. The molecule has 0 radical (unpaired) electrons. The first-order chi connectivity index (χ1) is 6.67. The molecule has 2 bridgehead atoms. The van der Waals surface area contributed by atoms with Crippen molar-refractivity contribution in [2.45, 2.75) is 57.5 Å². The smallest absolute Gasteiger partial charge is 0.0769 e. The number of rotatable bonds is 3. The normalized spacial score (nSPS) is 39.4. The standard InChI is InChI=1S/C13H21N/c1-4-13(3,5-2)14-12-9-10-6-7-11(12)8-10/h1,10-12,14H,5-9H2,2-3H3. The van der Waals surface area contributed by atoms with E-state index >= 15 is 0 Å². The molecule has 0 aromatic rings. The fourth-order valence-corrected chi connectivity index (χ4v) is 3.08. The van der Waals surface area contributed by atoms with Crippen LogP contribution in [0, 0.1) is 24.2 Å². The van der Waals surface area contributed by atoms with Crippen molar-refractivity contribution in [1.82, 2.24) is 5.32 Å². The van der Waals surface area contributed by atoms with E-state index in [9.17, 15) is 0 Å². The van der Waals surface area contributed by atoms with E-state index in [2.05, 4.69) is 25.1 Å². The maximum absolute atomic E-state index is 5.58. The van der Waals surface area contributed by atoms with Gasteiger partial charge in [-0.25, -0.2) is 0 Å².